The molecular formula is C43H49N13O6S4. The lowest BCUT2D eigenvalue weighted by atomic mass is 10.2. The van der Waals surface area contributed by atoms with Crippen molar-refractivity contribution < 1.29 is 27.6 Å². The van der Waals surface area contributed by atoms with E-state index >= 15 is 0 Å². The summed E-state index contributed by atoms with van der Waals surface area (Å²) in [5, 5.41) is 35.7. The number of aliphatic hydroxyl groups excluding tert-OH is 1. The summed E-state index contributed by atoms with van der Waals surface area (Å²) in [7, 11) is -1.39. The average Bonchev–Trinajstić information content (AvgIpc) is 3.90. The second kappa shape index (κ2) is 21.0. The molecule has 66 heavy (non-hydrogen) atoms. The number of hydrogen-bond acceptors (Lipinski definition) is 21. The van der Waals surface area contributed by atoms with E-state index < -0.39 is 10.1 Å². The first-order valence-corrected chi connectivity index (χ1v) is 24.9. The van der Waals surface area contributed by atoms with Crippen LogP contribution in [0.15, 0.2) is 85.1 Å². The maximum atomic E-state index is 12.2. The number of ether oxygens (including phenoxy) is 2. The lowest BCUT2D eigenvalue weighted by Gasteiger charge is -2.25. The van der Waals surface area contributed by atoms with Gasteiger partial charge in [0.15, 0.2) is 5.16 Å². The maximum absolute atomic E-state index is 12.2. The third-order valence-corrected chi connectivity index (χ3v) is 13.6. The number of thioether (sulfide) groups is 1. The molecule has 7 rings (SSSR count). The van der Waals surface area contributed by atoms with Crippen LogP contribution in [0, 0.1) is 13.8 Å². The van der Waals surface area contributed by atoms with E-state index in [2.05, 4.69) is 70.8 Å². The fourth-order valence-corrected chi connectivity index (χ4v) is 10.1. The number of methoxy groups -OCH3 is 2. The molecule has 346 valence electrons. The van der Waals surface area contributed by atoms with E-state index in [-0.39, 0.29) is 34.0 Å². The van der Waals surface area contributed by atoms with Crippen molar-refractivity contribution in [2.75, 3.05) is 73.2 Å². The Labute approximate surface area is 394 Å². The third-order valence-electron chi connectivity index (χ3n) is 10.1. The zero-order valence-corrected chi connectivity index (χ0v) is 40.8. The number of aryl methyl sites for hydroxylation is 2. The van der Waals surface area contributed by atoms with Crippen LogP contribution in [0.3, 0.4) is 0 Å². The molecule has 3 aromatic heterocycles. The topological polar surface area (TPSA) is 237 Å². The number of fused-ring (bicyclic) bond motifs is 2. The number of nitrogens with zero attached hydrogens (tertiary/aromatic N) is 11. The Balaban J connectivity index is 1.32. The quantitative estimate of drug-likeness (QED) is 0.0315. The Bertz CT molecular complexity index is 3040. The van der Waals surface area contributed by atoms with Crippen LogP contribution in [-0.2, 0) is 10.1 Å². The van der Waals surface area contributed by atoms with Crippen LogP contribution in [0.2, 0.25) is 0 Å². The molecule has 0 aliphatic heterocycles. The number of hydrogen-bond donors (Lipinski definition) is 4. The molecule has 0 aliphatic rings. The number of anilines is 6. The number of aromatic nitrogens is 5. The molecule has 7 aromatic rings. The first kappa shape index (κ1) is 47.8. The first-order valence-electron chi connectivity index (χ1n) is 20.8. The summed E-state index contributed by atoms with van der Waals surface area (Å²) in [5.41, 5.74) is 5.98. The van der Waals surface area contributed by atoms with Crippen molar-refractivity contribution in [3.05, 3.63) is 65.7 Å². The van der Waals surface area contributed by atoms with Gasteiger partial charge in [0.25, 0.3) is 10.1 Å². The van der Waals surface area contributed by atoms with Crippen molar-refractivity contribution in [2.24, 2.45) is 20.5 Å². The zero-order valence-electron chi connectivity index (χ0n) is 37.5. The standard InChI is InChI=1S/C43H49N13O6S4/c1-9-55(10-2)31-20-27(29(22-33(31)61-7)51-53-42-46-26-14-13-24(5)17-35(26)64-42)44-39-48-40(50-41(49-39)63-16-15-57)45-28-21-32(56(11-3)12-4)34(62-8)23-30(28)52-54-43-47-38-36(65-43)18-25(6)19-37(38)66(58,59)60/h13-14,17-23,57H,9-12,15-16H2,1-8H3,(H,58,59,60)(H2,44,45,48,49,50). The molecule has 0 fully saturated rings. The number of rotatable bonds is 20. The lowest BCUT2D eigenvalue weighted by molar-refractivity contribution is 0.322. The van der Waals surface area contributed by atoms with Gasteiger partial charge in [-0.15, -0.1) is 20.5 Å². The molecule has 0 saturated heterocycles. The van der Waals surface area contributed by atoms with Gasteiger partial charge in [0, 0.05) is 44.1 Å². The molecule has 0 saturated carbocycles. The molecule has 0 spiro atoms. The van der Waals surface area contributed by atoms with Gasteiger partial charge in [0.05, 0.1) is 58.5 Å². The monoisotopic (exact) mass is 971 g/mol. The van der Waals surface area contributed by atoms with Crippen LogP contribution in [0.4, 0.5) is 56.3 Å². The van der Waals surface area contributed by atoms with E-state index in [4.69, 9.17) is 24.4 Å². The average molecular weight is 972 g/mol. The molecule has 0 radical (unpaired) electrons. The van der Waals surface area contributed by atoms with E-state index in [0.29, 0.717) is 86.7 Å². The number of azo groups is 2. The van der Waals surface area contributed by atoms with Crippen LogP contribution in [-0.4, -0.2) is 95.8 Å². The Kier molecular flexibility index (Phi) is 15.2. The molecule has 0 amide bonds. The Hall–Kier alpha value is -6.11. The molecule has 3 heterocycles. The second-order valence-corrected chi connectivity index (χ2v) is 18.9. The van der Waals surface area contributed by atoms with E-state index in [1.807, 2.05) is 45.0 Å². The largest absolute Gasteiger partial charge is 0.494 e. The number of benzene rings is 4. The van der Waals surface area contributed by atoms with Gasteiger partial charge < -0.3 is 35.0 Å². The molecule has 23 heteroatoms. The van der Waals surface area contributed by atoms with Crippen LogP contribution in [0.5, 0.6) is 11.5 Å². The summed E-state index contributed by atoms with van der Waals surface area (Å²) >= 11 is 3.80. The van der Waals surface area contributed by atoms with Crippen LogP contribution in [0.25, 0.3) is 20.4 Å². The minimum absolute atomic E-state index is 0.0884. The van der Waals surface area contributed by atoms with E-state index in [1.165, 1.54) is 29.2 Å². The summed E-state index contributed by atoms with van der Waals surface area (Å²) < 4.78 is 47.6. The highest BCUT2D eigenvalue weighted by Gasteiger charge is 2.22. The van der Waals surface area contributed by atoms with Gasteiger partial charge in [0.1, 0.15) is 33.3 Å². The van der Waals surface area contributed by atoms with Crippen molar-refractivity contribution >= 4 is 121 Å². The van der Waals surface area contributed by atoms with Crippen molar-refractivity contribution in [1.82, 2.24) is 24.9 Å². The number of nitrogens with one attached hydrogen (secondary N) is 2. The lowest BCUT2D eigenvalue weighted by Crippen LogP contribution is -2.22. The van der Waals surface area contributed by atoms with Crippen molar-refractivity contribution in [2.45, 2.75) is 51.6 Å². The summed E-state index contributed by atoms with van der Waals surface area (Å²) in [6.45, 7) is 14.6. The molecule has 19 nitrogen and oxygen atoms in total. The van der Waals surface area contributed by atoms with Crippen LogP contribution >= 0.6 is 34.4 Å². The van der Waals surface area contributed by atoms with Gasteiger partial charge in [-0.3, -0.25) is 4.55 Å². The minimum Gasteiger partial charge on any atom is -0.494 e. The Morgan fingerprint density at radius 2 is 1.21 bits per heavy atom. The molecule has 0 bridgehead atoms. The molecule has 0 atom stereocenters. The predicted molar refractivity (Wildman–Crippen MR) is 264 cm³/mol. The van der Waals surface area contributed by atoms with Gasteiger partial charge in [-0.2, -0.15) is 23.4 Å². The fourth-order valence-electron chi connectivity index (χ4n) is 6.95. The summed E-state index contributed by atoms with van der Waals surface area (Å²) in [5.74, 6) is 1.73. The molecule has 0 unspecified atom stereocenters. The third kappa shape index (κ3) is 10.9. The highest BCUT2D eigenvalue weighted by molar-refractivity contribution is 7.99. The van der Waals surface area contributed by atoms with Crippen LogP contribution < -0.4 is 29.9 Å². The molecular weight excluding hydrogens is 923 g/mol. The van der Waals surface area contributed by atoms with E-state index in [0.717, 1.165) is 38.5 Å². The minimum atomic E-state index is -4.56. The van der Waals surface area contributed by atoms with Crippen molar-refractivity contribution in [1.29, 1.82) is 0 Å². The SMILES string of the molecule is CCN(CC)c1cc(Nc2nc(Nc3cc(N(CC)CC)c(OC)cc3N=Nc3nc4c(S(=O)(=O)O)cc(C)cc4s3)nc(SCCO)n2)c(N=Nc2nc3ccc(C)cc3s2)cc1OC. The summed E-state index contributed by atoms with van der Waals surface area (Å²) in [6, 6.07) is 16.5. The highest BCUT2D eigenvalue weighted by atomic mass is 32.2. The Morgan fingerprint density at radius 1 is 0.682 bits per heavy atom. The number of aliphatic hydroxyl groups is 1. The van der Waals surface area contributed by atoms with Crippen LogP contribution in [0.1, 0.15) is 38.8 Å². The van der Waals surface area contributed by atoms with Gasteiger partial charge in [-0.1, -0.05) is 40.5 Å². The highest BCUT2D eigenvalue weighted by Crippen LogP contribution is 2.43. The maximum Gasteiger partial charge on any atom is 0.296 e. The van der Waals surface area contributed by atoms with Crippen molar-refractivity contribution in [3.8, 4) is 11.5 Å². The van der Waals surface area contributed by atoms with Gasteiger partial charge in [-0.25, -0.2) is 9.97 Å². The summed E-state index contributed by atoms with van der Waals surface area (Å²) in [6.07, 6.45) is 0. The number of thiazole rings is 2. The van der Waals surface area contributed by atoms with Gasteiger partial charge >= 0.3 is 0 Å². The normalized spacial score (nSPS) is 11.9. The summed E-state index contributed by atoms with van der Waals surface area (Å²) in [4.78, 5) is 27.3. The van der Waals surface area contributed by atoms with Crippen molar-refractivity contribution in [3.63, 3.8) is 0 Å². The van der Waals surface area contributed by atoms with E-state index in [1.54, 1.807) is 39.3 Å². The zero-order chi connectivity index (χ0) is 47.1. The fraction of sp³-hybridized carbons (Fsp3) is 0.326. The van der Waals surface area contributed by atoms with Gasteiger partial charge in [-0.05, 0) is 89.1 Å². The molecule has 4 N–H and O–H groups in total. The molecule has 4 aromatic carbocycles. The van der Waals surface area contributed by atoms with E-state index in [9.17, 15) is 18.1 Å². The molecule has 0 aliphatic carbocycles. The first-order chi connectivity index (χ1) is 31.8. The van der Waals surface area contributed by atoms with Gasteiger partial charge in [0.2, 0.25) is 22.2 Å². The Morgan fingerprint density at radius 3 is 1.73 bits per heavy atom. The predicted octanol–water partition coefficient (Wildman–Crippen LogP) is 11.1. The smallest absolute Gasteiger partial charge is 0.296 e. The second-order valence-electron chi connectivity index (χ2n) is 14.5.